The molecule has 1 atom stereocenters. The summed E-state index contributed by atoms with van der Waals surface area (Å²) in [6.07, 6.45) is 0. The summed E-state index contributed by atoms with van der Waals surface area (Å²) in [6, 6.07) is 3.82. The first-order valence-electron chi connectivity index (χ1n) is 4.70. The van der Waals surface area contributed by atoms with Crippen molar-refractivity contribution in [2.24, 2.45) is 11.1 Å². The van der Waals surface area contributed by atoms with Crippen LogP contribution >= 0.6 is 24.0 Å². The molecule has 0 aliphatic heterocycles. The van der Waals surface area contributed by atoms with Crippen LogP contribution in [-0.4, -0.2) is 11.7 Å². The maximum absolute atomic E-state index is 13.5. The van der Waals surface area contributed by atoms with Gasteiger partial charge in [0.05, 0.1) is 0 Å². The first-order chi connectivity index (χ1) is 6.88. The summed E-state index contributed by atoms with van der Waals surface area (Å²) < 4.78 is 13.5. The lowest BCUT2D eigenvalue weighted by molar-refractivity contribution is 0.131. The number of nitrogens with two attached hydrogens (primary N) is 1. The van der Waals surface area contributed by atoms with Crippen molar-refractivity contribution >= 4 is 24.0 Å². The van der Waals surface area contributed by atoms with Gasteiger partial charge in [0, 0.05) is 28.6 Å². The van der Waals surface area contributed by atoms with E-state index >= 15 is 0 Å². The summed E-state index contributed by atoms with van der Waals surface area (Å²) in [7, 11) is 0. The van der Waals surface area contributed by atoms with Gasteiger partial charge in [-0.1, -0.05) is 31.5 Å². The molecule has 0 aliphatic rings. The normalized spacial score (nSPS) is 13.1. The van der Waals surface area contributed by atoms with Gasteiger partial charge in [0.1, 0.15) is 5.82 Å². The van der Waals surface area contributed by atoms with Gasteiger partial charge in [-0.2, -0.15) is 0 Å². The molecular formula is C11H16Cl2FNO. The lowest BCUT2D eigenvalue weighted by Gasteiger charge is -2.29. The lowest BCUT2D eigenvalue weighted by Crippen LogP contribution is -2.33. The van der Waals surface area contributed by atoms with Gasteiger partial charge < -0.3 is 10.8 Å². The van der Waals surface area contributed by atoms with Crippen LogP contribution in [0.5, 0.6) is 0 Å². The predicted octanol–water partition coefficient (Wildman–Crippen LogP) is 2.92. The van der Waals surface area contributed by atoms with Gasteiger partial charge in [0.2, 0.25) is 0 Å². The fourth-order valence-electron chi connectivity index (χ4n) is 1.27. The molecule has 0 fully saturated rings. The van der Waals surface area contributed by atoms with Crippen LogP contribution in [0.1, 0.15) is 25.5 Å². The minimum atomic E-state index is -0.561. The number of rotatable bonds is 3. The Kier molecular flexibility index (Phi) is 5.70. The maximum Gasteiger partial charge on any atom is 0.129 e. The van der Waals surface area contributed by atoms with Crippen LogP contribution in [0, 0.1) is 11.2 Å². The average Bonchev–Trinajstić information content (AvgIpc) is 2.17. The Hall–Kier alpha value is -0.350. The van der Waals surface area contributed by atoms with Crippen molar-refractivity contribution in [2.75, 3.05) is 6.61 Å². The molecule has 2 nitrogen and oxygen atoms in total. The highest BCUT2D eigenvalue weighted by Gasteiger charge is 2.28. The molecule has 5 heteroatoms. The molecule has 0 radical (unpaired) electrons. The molecule has 1 aromatic rings. The van der Waals surface area contributed by atoms with Gasteiger partial charge in [-0.05, 0) is 12.1 Å². The third kappa shape index (κ3) is 3.32. The van der Waals surface area contributed by atoms with E-state index in [2.05, 4.69) is 0 Å². The molecule has 16 heavy (non-hydrogen) atoms. The van der Waals surface area contributed by atoms with Crippen LogP contribution in [-0.2, 0) is 0 Å². The molecule has 0 saturated heterocycles. The zero-order valence-corrected chi connectivity index (χ0v) is 10.8. The van der Waals surface area contributed by atoms with Gasteiger partial charge >= 0.3 is 0 Å². The minimum absolute atomic E-state index is 0. The molecule has 0 saturated carbocycles. The van der Waals surface area contributed by atoms with Crippen molar-refractivity contribution in [2.45, 2.75) is 19.9 Å². The smallest absolute Gasteiger partial charge is 0.129 e. The first kappa shape index (κ1) is 15.7. The molecular weight excluding hydrogens is 252 g/mol. The molecule has 0 bridgehead atoms. The zero-order valence-electron chi connectivity index (χ0n) is 9.21. The standard InChI is InChI=1S/C11H15ClFNO.ClH/c1-11(2,6-15)10(14)8-4-3-7(12)5-9(8)13;/h3-5,10,15H,6,14H2,1-2H3;1H/t10-;/m1./s1. The Balaban J connectivity index is 0.00000225. The summed E-state index contributed by atoms with van der Waals surface area (Å²) >= 11 is 5.64. The minimum Gasteiger partial charge on any atom is -0.396 e. The van der Waals surface area contributed by atoms with E-state index < -0.39 is 17.3 Å². The predicted molar refractivity (Wildman–Crippen MR) is 66.5 cm³/mol. The van der Waals surface area contributed by atoms with Crippen molar-refractivity contribution in [3.8, 4) is 0 Å². The van der Waals surface area contributed by atoms with E-state index in [1.54, 1.807) is 26.0 Å². The average molecular weight is 268 g/mol. The molecule has 1 aromatic carbocycles. The second kappa shape index (κ2) is 5.82. The van der Waals surface area contributed by atoms with Crippen LogP contribution < -0.4 is 5.73 Å². The van der Waals surface area contributed by atoms with Crippen LogP contribution in [0.15, 0.2) is 18.2 Å². The number of halogens is 3. The van der Waals surface area contributed by atoms with E-state index in [-0.39, 0.29) is 19.0 Å². The van der Waals surface area contributed by atoms with E-state index in [0.717, 1.165) is 0 Å². The highest BCUT2D eigenvalue weighted by molar-refractivity contribution is 6.30. The van der Waals surface area contributed by atoms with Gasteiger partial charge in [-0.25, -0.2) is 4.39 Å². The molecule has 0 unspecified atom stereocenters. The molecule has 92 valence electrons. The summed E-state index contributed by atoms with van der Waals surface area (Å²) in [5.74, 6) is -0.434. The maximum atomic E-state index is 13.5. The number of hydrogen-bond acceptors (Lipinski definition) is 2. The lowest BCUT2D eigenvalue weighted by atomic mass is 9.81. The third-order valence-electron chi connectivity index (χ3n) is 2.55. The van der Waals surface area contributed by atoms with Gasteiger partial charge in [0.25, 0.3) is 0 Å². The molecule has 0 spiro atoms. The monoisotopic (exact) mass is 267 g/mol. The molecule has 0 heterocycles. The summed E-state index contributed by atoms with van der Waals surface area (Å²) in [4.78, 5) is 0. The van der Waals surface area contributed by atoms with E-state index in [1.807, 2.05) is 0 Å². The Morgan fingerprint density at radius 2 is 2.06 bits per heavy atom. The van der Waals surface area contributed by atoms with E-state index in [9.17, 15) is 4.39 Å². The fourth-order valence-corrected chi connectivity index (χ4v) is 1.43. The topological polar surface area (TPSA) is 46.2 Å². The van der Waals surface area contributed by atoms with Crippen molar-refractivity contribution in [1.82, 2.24) is 0 Å². The number of aliphatic hydroxyl groups is 1. The Morgan fingerprint density at radius 1 is 1.50 bits per heavy atom. The van der Waals surface area contributed by atoms with Crippen molar-refractivity contribution < 1.29 is 9.50 Å². The highest BCUT2D eigenvalue weighted by atomic mass is 35.5. The van der Waals surface area contributed by atoms with Crippen molar-refractivity contribution in [3.05, 3.63) is 34.6 Å². The van der Waals surface area contributed by atoms with Crippen LogP contribution in [0.3, 0.4) is 0 Å². The molecule has 0 aliphatic carbocycles. The van der Waals surface area contributed by atoms with E-state index in [4.69, 9.17) is 22.4 Å². The summed E-state index contributed by atoms with van der Waals surface area (Å²) in [6.45, 7) is 3.47. The van der Waals surface area contributed by atoms with Crippen molar-refractivity contribution in [1.29, 1.82) is 0 Å². The fraction of sp³-hybridized carbons (Fsp3) is 0.455. The third-order valence-corrected chi connectivity index (χ3v) is 2.78. The highest BCUT2D eigenvalue weighted by Crippen LogP contribution is 2.32. The molecule has 1 rings (SSSR count). The van der Waals surface area contributed by atoms with Gasteiger partial charge in [0.15, 0.2) is 0 Å². The molecule has 0 aromatic heterocycles. The second-order valence-electron chi connectivity index (χ2n) is 4.29. The summed E-state index contributed by atoms with van der Waals surface area (Å²) in [5.41, 5.74) is 5.70. The largest absolute Gasteiger partial charge is 0.396 e. The molecule has 3 N–H and O–H groups in total. The Morgan fingerprint density at radius 3 is 2.50 bits per heavy atom. The quantitative estimate of drug-likeness (QED) is 0.885. The SMILES string of the molecule is CC(C)(CO)[C@H](N)c1ccc(Cl)cc1F.Cl. The number of benzene rings is 1. The Labute approximate surface area is 106 Å². The van der Waals surface area contributed by atoms with Gasteiger partial charge in [-0.15, -0.1) is 12.4 Å². The van der Waals surface area contributed by atoms with E-state index in [0.29, 0.717) is 10.6 Å². The number of hydrogen-bond donors (Lipinski definition) is 2. The van der Waals surface area contributed by atoms with E-state index in [1.165, 1.54) is 6.07 Å². The second-order valence-corrected chi connectivity index (χ2v) is 4.73. The van der Waals surface area contributed by atoms with Crippen LogP contribution in [0.25, 0.3) is 0 Å². The van der Waals surface area contributed by atoms with Crippen LogP contribution in [0.2, 0.25) is 5.02 Å². The van der Waals surface area contributed by atoms with Crippen LogP contribution in [0.4, 0.5) is 4.39 Å². The molecule has 0 amide bonds. The first-order valence-corrected chi connectivity index (χ1v) is 5.07. The Bertz CT molecular complexity index is 358. The zero-order chi connectivity index (χ0) is 11.6. The number of aliphatic hydroxyl groups excluding tert-OH is 1. The summed E-state index contributed by atoms with van der Waals surface area (Å²) in [5, 5.41) is 9.48. The van der Waals surface area contributed by atoms with Gasteiger partial charge in [-0.3, -0.25) is 0 Å². The van der Waals surface area contributed by atoms with Crippen molar-refractivity contribution in [3.63, 3.8) is 0 Å².